The quantitative estimate of drug-likeness (QED) is 0.586. The van der Waals surface area contributed by atoms with Crippen LogP contribution in [0.25, 0.3) is 0 Å². The molecule has 76 valence electrons. The first-order valence-corrected chi connectivity index (χ1v) is 5.07. The summed E-state index contributed by atoms with van der Waals surface area (Å²) in [4.78, 5) is 11.6. The molecule has 2 nitrogen and oxygen atoms in total. The maximum atomic E-state index is 11.6. The smallest absolute Gasteiger partial charge is 0.311 e. The van der Waals surface area contributed by atoms with E-state index in [4.69, 9.17) is 4.74 Å². The molecule has 2 heteroatoms. The van der Waals surface area contributed by atoms with Gasteiger partial charge in [0.2, 0.25) is 0 Å². The molecule has 0 N–H and O–H groups in total. The van der Waals surface area contributed by atoms with Gasteiger partial charge in [0.05, 0.1) is 5.41 Å². The topological polar surface area (TPSA) is 26.3 Å². The average molecular weight is 184 g/mol. The average Bonchev–Trinajstić information content (AvgIpc) is 2.33. The van der Waals surface area contributed by atoms with E-state index in [-0.39, 0.29) is 17.0 Å². The van der Waals surface area contributed by atoms with Crippen molar-refractivity contribution in [3.63, 3.8) is 0 Å². The van der Waals surface area contributed by atoms with Crippen LogP contribution in [0.2, 0.25) is 0 Å². The summed E-state index contributed by atoms with van der Waals surface area (Å²) in [6, 6.07) is 0. The third-order valence-electron chi connectivity index (χ3n) is 2.61. The summed E-state index contributed by atoms with van der Waals surface area (Å²) in [6.45, 7) is 7.73. The molecular formula is C11H20O2. The summed E-state index contributed by atoms with van der Waals surface area (Å²) in [5, 5.41) is 0. The zero-order chi connectivity index (χ0) is 10.1. The first kappa shape index (κ1) is 10.6. The third-order valence-corrected chi connectivity index (χ3v) is 2.61. The van der Waals surface area contributed by atoms with Crippen LogP contribution in [0.1, 0.15) is 53.4 Å². The lowest BCUT2D eigenvalue weighted by atomic mass is 9.96. The lowest BCUT2D eigenvalue weighted by Gasteiger charge is -2.28. The fraction of sp³-hybridized carbons (Fsp3) is 0.909. The molecule has 0 spiro atoms. The molecule has 0 atom stereocenters. The number of hydrogen-bond donors (Lipinski definition) is 0. The van der Waals surface area contributed by atoms with Crippen LogP contribution in [0, 0.1) is 5.41 Å². The maximum Gasteiger partial charge on any atom is 0.311 e. The monoisotopic (exact) mass is 184 g/mol. The van der Waals surface area contributed by atoms with Crippen molar-refractivity contribution in [3.8, 4) is 0 Å². The van der Waals surface area contributed by atoms with Crippen LogP contribution in [0.15, 0.2) is 0 Å². The number of ether oxygens (including phenoxy) is 1. The largest absolute Gasteiger partial charge is 0.459 e. The van der Waals surface area contributed by atoms with Crippen LogP contribution >= 0.6 is 0 Å². The van der Waals surface area contributed by atoms with Crippen LogP contribution in [0.4, 0.5) is 0 Å². The lowest BCUT2D eigenvalue weighted by molar-refractivity contribution is -0.167. The highest BCUT2D eigenvalue weighted by Crippen LogP contribution is 2.34. The molecule has 0 aromatic carbocycles. The Labute approximate surface area is 80.7 Å². The molecule has 0 amide bonds. The van der Waals surface area contributed by atoms with Gasteiger partial charge in [0.1, 0.15) is 5.60 Å². The Morgan fingerprint density at radius 1 is 1.23 bits per heavy atom. The van der Waals surface area contributed by atoms with E-state index < -0.39 is 0 Å². The molecule has 0 aromatic rings. The van der Waals surface area contributed by atoms with Gasteiger partial charge in [-0.1, -0.05) is 0 Å². The predicted octanol–water partition coefficient (Wildman–Crippen LogP) is 2.91. The Balaban J connectivity index is 2.53. The van der Waals surface area contributed by atoms with Crippen molar-refractivity contribution in [1.29, 1.82) is 0 Å². The lowest BCUT2D eigenvalue weighted by Crippen LogP contribution is -2.34. The van der Waals surface area contributed by atoms with Gasteiger partial charge in [0.25, 0.3) is 0 Å². The van der Waals surface area contributed by atoms with Crippen molar-refractivity contribution in [2.24, 2.45) is 5.41 Å². The molecule has 0 saturated heterocycles. The Morgan fingerprint density at radius 3 is 2.08 bits per heavy atom. The number of carbonyl (C=O) groups is 1. The molecule has 0 unspecified atom stereocenters. The van der Waals surface area contributed by atoms with Gasteiger partial charge in [0, 0.05) is 0 Å². The standard InChI is InChI=1S/C11H20O2/c1-10(2,3)9(12)13-11(4)7-5-6-8-11/h5-8H2,1-4H3. The highest BCUT2D eigenvalue weighted by molar-refractivity contribution is 5.75. The van der Waals surface area contributed by atoms with E-state index in [1.807, 2.05) is 27.7 Å². The molecule has 1 fully saturated rings. The normalized spacial score (nSPS) is 21.5. The molecule has 1 saturated carbocycles. The Hall–Kier alpha value is -0.530. The zero-order valence-corrected chi connectivity index (χ0v) is 9.14. The van der Waals surface area contributed by atoms with Crippen LogP contribution in [-0.2, 0) is 9.53 Å². The number of carbonyl (C=O) groups excluding carboxylic acids is 1. The van der Waals surface area contributed by atoms with Gasteiger partial charge in [0.15, 0.2) is 0 Å². The van der Waals surface area contributed by atoms with E-state index in [0.717, 1.165) is 12.8 Å². The van der Waals surface area contributed by atoms with Gasteiger partial charge < -0.3 is 4.74 Å². The predicted molar refractivity (Wildman–Crippen MR) is 52.4 cm³/mol. The van der Waals surface area contributed by atoms with Crippen molar-refractivity contribution in [2.45, 2.75) is 59.0 Å². The summed E-state index contributed by atoms with van der Waals surface area (Å²) in [5.41, 5.74) is -0.546. The second-order valence-corrected chi connectivity index (χ2v) is 5.30. The van der Waals surface area contributed by atoms with Crippen LogP contribution in [-0.4, -0.2) is 11.6 Å². The second kappa shape index (κ2) is 3.32. The molecule has 1 aliphatic carbocycles. The molecule has 1 aliphatic rings. The molecule has 13 heavy (non-hydrogen) atoms. The van der Waals surface area contributed by atoms with E-state index >= 15 is 0 Å². The molecule has 1 rings (SSSR count). The van der Waals surface area contributed by atoms with E-state index in [1.54, 1.807) is 0 Å². The minimum Gasteiger partial charge on any atom is -0.459 e. The molecule has 0 aliphatic heterocycles. The zero-order valence-electron chi connectivity index (χ0n) is 9.14. The van der Waals surface area contributed by atoms with Gasteiger partial charge in [-0.25, -0.2) is 0 Å². The first-order chi connectivity index (χ1) is 5.83. The van der Waals surface area contributed by atoms with Gasteiger partial charge in [-0.15, -0.1) is 0 Å². The number of esters is 1. The summed E-state index contributed by atoms with van der Waals surface area (Å²) < 4.78 is 5.52. The van der Waals surface area contributed by atoms with Crippen molar-refractivity contribution < 1.29 is 9.53 Å². The second-order valence-electron chi connectivity index (χ2n) is 5.30. The van der Waals surface area contributed by atoms with Gasteiger partial charge in [-0.05, 0) is 53.4 Å². The first-order valence-electron chi connectivity index (χ1n) is 5.07. The highest BCUT2D eigenvalue weighted by atomic mass is 16.6. The van der Waals surface area contributed by atoms with Crippen molar-refractivity contribution in [1.82, 2.24) is 0 Å². The van der Waals surface area contributed by atoms with Gasteiger partial charge in [-0.3, -0.25) is 4.79 Å². The van der Waals surface area contributed by atoms with E-state index in [0.29, 0.717) is 0 Å². The van der Waals surface area contributed by atoms with E-state index in [9.17, 15) is 4.79 Å². The third kappa shape index (κ3) is 2.71. The Bertz CT molecular complexity index is 195. The Morgan fingerprint density at radius 2 is 1.69 bits per heavy atom. The summed E-state index contributed by atoms with van der Waals surface area (Å²) in [6.07, 6.45) is 4.42. The van der Waals surface area contributed by atoms with Gasteiger partial charge in [-0.2, -0.15) is 0 Å². The molecule has 0 radical (unpaired) electrons. The molecule has 0 heterocycles. The fourth-order valence-electron chi connectivity index (χ4n) is 1.60. The maximum absolute atomic E-state index is 11.6. The van der Waals surface area contributed by atoms with Crippen molar-refractivity contribution in [3.05, 3.63) is 0 Å². The molecular weight excluding hydrogens is 164 g/mol. The highest BCUT2D eigenvalue weighted by Gasteiger charge is 2.35. The fourth-order valence-corrected chi connectivity index (χ4v) is 1.60. The minimum absolute atomic E-state index is 0.0723. The van der Waals surface area contributed by atoms with E-state index in [1.165, 1.54) is 12.8 Å². The SMILES string of the molecule is CC1(OC(=O)C(C)(C)C)CCCC1. The summed E-state index contributed by atoms with van der Waals surface area (Å²) in [7, 11) is 0. The minimum atomic E-state index is -0.369. The van der Waals surface area contributed by atoms with Crippen LogP contribution in [0.3, 0.4) is 0 Å². The molecule has 0 aromatic heterocycles. The Kier molecular flexibility index (Phi) is 2.69. The van der Waals surface area contributed by atoms with Crippen molar-refractivity contribution in [2.75, 3.05) is 0 Å². The van der Waals surface area contributed by atoms with E-state index in [2.05, 4.69) is 0 Å². The summed E-state index contributed by atoms with van der Waals surface area (Å²) in [5.74, 6) is -0.0723. The number of hydrogen-bond acceptors (Lipinski definition) is 2. The van der Waals surface area contributed by atoms with Crippen molar-refractivity contribution >= 4 is 5.97 Å². The number of rotatable bonds is 1. The summed E-state index contributed by atoms with van der Waals surface area (Å²) >= 11 is 0. The molecule has 0 bridgehead atoms. The van der Waals surface area contributed by atoms with Gasteiger partial charge >= 0.3 is 5.97 Å². The van der Waals surface area contributed by atoms with Crippen LogP contribution in [0.5, 0.6) is 0 Å². The van der Waals surface area contributed by atoms with Crippen LogP contribution < -0.4 is 0 Å².